The van der Waals surface area contributed by atoms with Crippen LogP contribution in [0.3, 0.4) is 0 Å². The van der Waals surface area contributed by atoms with Gasteiger partial charge in [-0.15, -0.1) is 0 Å². The van der Waals surface area contributed by atoms with Crippen molar-refractivity contribution in [3.63, 3.8) is 0 Å². The number of nitrogens with zero attached hydrogens (tertiary/aromatic N) is 4. The SMILES string of the molecule is O=[N+]([O-])c1ccc(N2CCN(C(c3ccc(F)cc3)c3ccc(F)cc3)CC2)nc1. The highest BCUT2D eigenvalue weighted by Crippen LogP contribution is 2.30. The molecular weight excluding hydrogens is 390 g/mol. The number of nitro groups is 1. The van der Waals surface area contributed by atoms with Crippen LogP contribution in [-0.4, -0.2) is 41.0 Å². The molecule has 0 radical (unpaired) electrons. The number of pyridine rings is 1. The van der Waals surface area contributed by atoms with Gasteiger partial charge in [0, 0.05) is 32.2 Å². The van der Waals surface area contributed by atoms with Crippen LogP contribution in [0, 0.1) is 21.7 Å². The summed E-state index contributed by atoms with van der Waals surface area (Å²) in [6, 6.07) is 15.7. The van der Waals surface area contributed by atoms with Gasteiger partial charge in [0.15, 0.2) is 0 Å². The number of benzene rings is 2. The number of hydrogen-bond acceptors (Lipinski definition) is 5. The summed E-state index contributed by atoms with van der Waals surface area (Å²) in [5.41, 5.74) is 1.83. The Morgan fingerprint density at radius 2 is 1.37 bits per heavy atom. The summed E-state index contributed by atoms with van der Waals surface area (Å²) in [5, 5.41) is 10.8. The van der Waals surface area contributed by atoms with Gasteiger partial charge in [0.2, 0.25) is 0 Å². The Morgan fingerprint density at radius 1 is 0.833 bits per heavy atom. The van der Waals surface area contributed by atoms with Gasteiger partial charge >= 0.3 is 0 Å². The standard InChI is InChI=1S/C22H20F2N4O2/c23-18-5-1-16(2-6-18)22(17-3-7-19(24)8-4-17)27-13-11-26(12-14-27)21-10-9-20(15-25-21)28(29)30/h1-10,15,22H,11-14H2. The number of rotatable bonds is 5. The molecule has 0 N–H and O–H groups in total. The molecule has 0 amide bonds. The zero-order valence-electron chi connectivity index (χ0n) is 16.1. The van der Waals surface area contributed by atoms with Crippen LogP contribution in [0.25, 0.3) is 0 Å². The number of piperazine rings is 1. The Morgan fingerprint density at radius 3 is 1.80 bits per heavy atom. The van der Waals surface area contributed by atoms with Gasteiger partial charge in [-0.2, -0.15) is 0 Å². The Bertz CT molecular complexity index is 957. The molecule has 6 nitrogen and oxygen atoms in total. The summed E-state index contributed by atoms with van der Waals surface area (Å²) in [6.45, 7) is 2.78. The van der Waals surface area contributed by atoms with Crippen molar-refractivity contribution < 1.29 is 13.7 Å². The number of aromatic nitrogens is 1. The maximum absolute atomic E-state index is 13.4. The predicted molar refractivity (Wildman–Crippen MR) is 109 cm³/mol. The van der Waals surface area contributed by atoms with Crippen molar-refractivity contribution in [1.29, 1.82) is 0 Å². The third-order valence-electron chi connectivity index (χ3n) is 5.32. The average Bonchev–Trinajstić information content (AvgIpc) is 2.77. The molecule has 30 heavy (non-hydrogen) atoms. The topological polar surface area (TPSA) is 62.5 Å². The summed E-state index contributed by atoms with van der Waals surface area (Å²) in [7, 11) is 0. The van der Waals surface area contributed by atoms with Crippen molar-refractivity contribution in [2.24, 2.45) is 0 Å². The first-order chi connectivity index (χ1) is 14.5. The molecule has 0 unspecified atom stereocenters. The molecule has 0 bridgehead atoms. The molecule has 2 aromatic carbocycles. The highest BCUT2D eigenvalue weighted by Gasteiger charge is 2.27. The lowest BCUT2D eigenvalue weighted by Gasteiger charge is -2.40. The van der Waals surface area contributed by atoms with E-state index in [0.29, 0.717) is 32.0 Å². The van der Waals surface area contributed by atoms with Crippen LogP contribution in [0.1, 0.15) is 17.2 Å². The van der Waals surface area contributed by atoms with Crippen molar-refractivity contribution in [1.82, 2.24) is 9.88 Å². The Kier molecular flexibility index (Phi) is 5.67. The third-order valence-corrected chi connectivity index (χ3v) is 5.32. The van der Waals surface area contributed by atoms with E-state index < -0.39 is 4.92 Å². The molecule has 1 aliphatic heterocycles. The summed E-state index contributed by atoms with van der Waals surface area (Å²) in [5.74, 6) is 0.0942. The molecule has 2 heterocycles. The zero-order valence-corrected chi connectivity index (χ0v) is 16.1. The van der Waals surface area contributed by atoms with Crippen molar-refractivity contribution in [2.45, 2.75) is 6.04 Å². The van der Waals surface area contributed by atoms with Crippen LogP contribution in [-0.2, 0) is 0 Å². The Hall–Kier alpha value is -3.39. The fraction of sp³-hybridized carbons (Fsp3) is 0.227. The Balaban J connectivity index is 1.53. The number of hydrogen-bond donors (Lipinski definition) is 0. The van der Waals surface area contributed by atoms with Crippen molar-refractivity contribution in [3.05, 3.63) is 99.7 Å². The maximum atomic E-state index is 13.4. The lowest BCUT2D eigenvalue weighted by Crippen LogP contribution is -2.48. The molecule has 4 rings (SSSR count). The third kappa shape index (κ3) is 4.28. The van der Waals surface area contributed by atoms with Gasteiger partial charge in [0.05, 0.1) is 11.0 Å². The smallest absolute Gasteiger partial charge is 0.287 e. The van der Waals surface area contributed by atoms with Crippen molar-refractivity contribution in [2.75, 3.05) is 31.1 Å². The molecule has 8 heteroatoms. The van der Waals surface area contributed by atoms with E-state index in [1.807, 2.05) is 0 Å². The largest absolute Gasteiger partial charge is 0.354 e. The molecule has 1 aromatic heterocycles. The minimum Gasteiger partial charge on any atom is -0.354 e. The summed E-state index contributed by atoms with van der Waals surface area (Å²) >= 11 is 0. The molecule has 1 saturated heterocycles. The summed E-state index contributed by atoms with van der Waals surface area (Å²) in [6.07, 6.45) is 1.27. The van der Waals surface area contributed by atoms with Crippen LogP contribution in [0.15, 0.2) is 66.9 Å². The van der Waals surface area contributed by atoms with Crippen LogP contribution in [0.5, 0.6) is 0 Å². The lowest BCUT2D eigenvalue weighted by molar-refractivity contribution is -0.385. The van der Waals surface area contributed by atoms with E-state index in [2.05, 4.69) is 14.8 Å². The first-order valence-corrected chi connectivity index (χ1v) is 9.61. The summed E-state index contributed by atoms with van der Waals surface area (Å²) in [4.78, 5) is 18.9. The average molecular weight is 410 g/mol. The van der Waals surface area contributed by atoms with E-state index in [1.165, 1.54) is 36.5 Å². The normalized spacial score (nSPS) is 14.8. The van der Waals surface area contributed by atoms with Crippen LogP contribution in [0.4, 0.5) is 20.3 Å². The van der Waals surface area contributed by atoms with E-state index in [1.54, 1.807) is 30.3 Å². The van der Waals surface area contributed by atoms with Crippen molar-refractivity contribution in [3.8, 4) is 0 Å². The number of halogens is 2. The minimum absolute atomic E-state index is 0.0370. The molecule has 1 fully saturated rings. The van der Waals surface area contributed by atoms with E-state index >= 15 is 0 Å². The first kappa shape index (κ1) is 19.9. The van der Waals surface area contributed by atoms with Gasteiger partial charge in [-0.1, -0.05) is 24.3 Å². The number of anilines is 1. The molecule has 154 valence electrons. The quantitative estimate of drug-likeness (QED) is 0.467. The lowest BCUT2D eigenvalue weighted by atomic mass is 9.96. The zero-order chi connectivity index (χ0) is 21.1. The molecule has 0 atom stereocenters. The molecule has 3 aromatic rings. The van der Waals surface area contributed by atoms with E-state index in [9.17, 15) is 18.9 Å². The van der Waals surface area contributed by atoms with Crippen molar-refractivity contribution >= 4 is 11.5 Å². The minimum atomic E-state index is -0.468. The monoisotopic (exact) mass is 410 g/mol. The van der Waals surface area contributed by atoms with Gasteiger partial charge < -0.3 is 4.90 Å². The highest BCUT2D eigenvalue weighted by atomic mass is 19.1. The van der Waals surface area contributed by atoms with Gasteiger partial charge in [0.25, 0.3) is 5.69 Å². The molecule has 1 aliphatic rings. The predicted octanol–water partition coefficient (Wildman–Crippen LogP) is 4.18. The fourth-order valence-electron chi connectivity index (χ4n) is 3.79. The fourth-order valence-corrected chi connectivity index (χ4v) is 3.79. The van der Waals surface area contributed by atoms with E-state index in [4.69, 9.17) is 0 Å². The maximum Gasteiger partial charge on any atom is 0.287 e. The van der Waals surface area contributed by atoms with Crippen LogP contribution < -0.4 is 4.90 Å². The van der Waals surface area contributed by atoms with Gasteiger partial charge in [0.1, 0.15) is 23.6 Å². The van der Waals surface area contributed by atoms with Gasteiger partial charge in [-0.3, -0.25) is 15.0 Å². The second kappa shape index (κ2) is 8.54. The van der Waals surface area contributed by atoms with Gasteiger partial charge in [-0.05, 0) is 41.5 Å². The Labute approximate surface area is 172 Å². The second-order valence-corrected chi connectivity index (χ2v) is 7.16. The van der Waals surface area contributed by atoms with Crippen LogP contribution in [0.2, 0.25) is 0 Å². The van der Waals surface area contributed by atoms with E-state index in [0.717, 1.165) is 11.1 Å². The molecule has 0 aliphatic carbocycles. The van der Waals surface area contributed by atoms with E-state index in [-0.39, 0.29) is 23.4 Å². The highest BCUT2D eigenvalue weighted by molar-refractivity contribution is 5.43. The first-order valence-electron chi connectivity index (χ1n) is 9.61. The molecule has 0 saturated carbocycles. The molecular formula is C22H20F2N4O2. The van der Waals surface area contributed by atoms with Crippen LogP contribution >= 0.6 is 0 Å². The second-order valence-electron chi connectivity index (χ2n) is 7.16. The molecule has 0 spiro atoms. The summed E-state index contributed by atoms with van der Waals surface area (Å²) < 4.78 is 26.9. The van der Waals surface area contributed by atoms with Gasteiger partial charge in [-0.25, -0.2) is 13.8 Å².